The van der Waals surface area contributed by atoms with Crippen molar-refractivity contribution in [1.29, 1.82) is 0 Å². The van der Waals surface area contributed by atoms with E-state index in [1.807, 2.05) is 0 Å². The van der Waals surface area contributed by atoms with Gasteiger partial charge in [0.1, 0.15) is 0 Å². The number of carbonyl (C=O) groups is 3. The maximum absolute atomic E-state index is 12.9. The van der Waals surface area contributed by atoms with Crippen LogP contribution < -0.4 is 5.32 Å². The molecule has 0 fully saturated rings. The zero-order valence-corrected chi connectivity index (χ0v) is 15.9. The van der Waals surface area contributed by atoms with Crippen LogP contribution in [0, 0.1) is 0 Å². The number of carbonyl (C=O) groups excluding carboxylic acids is 3. The number of likely N-dealkylation sites (N-methyl/N-ethyl adjacent to an activating group) is 1. The lowest BCUT2D eigenvalue weighted by atomic mass is 10.2. The van der Waals surface area contributed by atoms with Crippen molar-refractivity contribution in [3.63, 3.8) is 0 Å². The first-order chi connectivity index (χ1) is 13.6. The third-order valence-corrected chi connectivity index (χ3v) is 4.03. The number of esters is 1. The van der Waals surface area contributed by atoms with Crippen molar-refractivity contribution < 1.29 is 32.3 Å². The summed E-state index contributed by atoms with van der Waals surface area (Å²) in [6, 6.07) is 10.9. The Hall–Kier alpha value is -3.07. The number of nitrogens with zero attached hydrogens (tertiary/aromatic N) is 1. The van der Waals surface area contributed by atoms with E-state index in [0.29, 0.717) is 6.07 Å². The van der Waals surface area contributed by atoms with E-state index in [9.17, 15) is 27.6 Å². The maximum Gasteiger partial charge on any atom is 0.417 e. The van der Waals surface area contributed by atoms with Gasteiger partial charge in [-0.2, -0.15) is 13.2 Å². The van der Waals surface area contributed by atoms with Crippen molar-refractivity contribution >= 4 is 35.1 Å². The van der Waals surface area contributed by atoms with Crippen LogP contribution in [0.2, 0.25) is 5.02 Å². The van der Waals surface area contributed by atoms with Gasteiger partial charge in [0.25, 0.3) is 5.91 Å². The average molecular weight is 429 g/mol. The summed E-state index contributed by atoms with van der Waals surface area (Å²) in [6.45, 7) is -1.04. The number of hydrogen-bond acceptors (Lipinski definition) is 4. The van der Waals surface area contributed by atoms with Gasteiger partial charge in [0, 0.05) is 12.7 Å². The van der Waals surface area contributed by atoms with Crippen LogP contribution in [0.5, 0.6) is 0 Å². The summed E-state index contributed by atoms with van der Waals surface area (Å²) in [5.41, 5.74) is -0.943. The molecule has 2 aromatic carbocycles. The molecular formula is C19H16ClF3N2O4. The minimum atomic E-state index is -4.67. The predicted molar refractivity (Wildman–Crippen MR) is 99.4 cm³/mol. The van der Waals surface area contributed by atoms with Crippen molar-refractivity contribution in [2.24, 2.45) is 0 Å². The fourth-order valence-corrected chi connectivity index (χ4v) is 2.44. The van der Waals surface area contributed by atoms with Gasteiger partial charge in [-0.15, -0.1) is 0 Å². The Morgan fingerprint density at radius 2 is 1.76 bits per heavy atom. The monoisotopic (exact) mass is 428 g/mol. The van der Waals surface area contributed by atoms with Crippen LogP contribution in [0.3, 0.4) is 0 Å². The second-order valence-electron chi connectivity index (χ2n) is 5.93. The first kappa shape index (κ1) is 22.2. The van der Waals surface area contributed by atoms with E-state index in [0.717, 1.165) is 11.0 Å². The second kappa shape index (κ2) is 9.42. The Balaban J connectivity index is 1.88. The molecule has 0 saturated carbocycles. The van der Waals surface area contributed by atoms with Crippen LogP contribution in [0.1, 0.15) is 15.9 Å². The van der Waals surface area contributed by atoms with Crippen LogP contribution in [0.4, 0.5) is 18.9 Å². The highest BCUT2D eigenvalue weighted by molar-refractivity contribution is 6.31. The number of anilines is 1. The molecule has 29 heavy (non-hydrogen) atoms. The molecule has 0 unspecified atom stereocenters. The van der Waals surface area contributed by atoms with Gasteiger partial charge in [0.2, 0.25) is 5.91 Å². The summed E-state index contributed by atoms with van der Waals surface area (Å²) >= 11 is 5.52. The third kappa shape index (κ3) is 6.49. The number of rotatable bonds is 6. The molecule has 0 aromatic heterocycles. The molecule has 0 aliphatic carbocycles. The van der Waals surface area contributed by atoms with Crippen LogP contribution in [0.25, 0.3) is 0 Å². The molecule has 1 N–H and O–H groups in total. The van der Waals surface area contributed by atoms with Crippen molar-refractivity contribution in [1.82, 2.24) is 4.90 Å². The normalized spacial score (nSPS) is 10.9. The topological polar surface area (TPSA) is 75.7 Å². The molecule has 0 radical (unpaired) electrons. The zero-order chi connectivity index (χ0) is 21.6. The first-order valence-electron chi connectivity index (χ1n) is 8.20. The Morgan fingerprint density at radius 3 is 2.38 bits per heavy atom. The highest BCUT2D eigenvalue weighted by Crippen LogP contribution is 2.36. The molecule has 154 valence electrons. The zero-order valence-electron chi connectivity index (χ0n) is 15.1. The molecular weight excluding hydrogens is 413 g/mol. The molecule has 2 aromatic rings. The first-order valence-corrected chi connectivity index (χ1v) is 8.58. The molecule has 2 amide bonds. The van der Waals surface area contributed by atoms with Crippen molar-refractivity contribution in [2.75, 3.05) is 25.5 Å². The molecule has 0 aliphatic heterocycles. The molecule has 6 nitrogen and oxygen atoms in total. The maximum atomic E-state index is 12.9. The van der Waals surface area contributed by atoms with E-state index >= 15 is 0 Å². The van der Waals surface area contributed by atoms with Gasteiger partial charge in [-0.25, -0.2) is 4.79 Å². The number of hydrogen-bond donors (Lipinski definition) is 1. The van der Waals surface area contributed by atoms with Crippen molar-refractivity contribution in [3.05, 3.63) is 64.7 Å². The molecule has 0 heterocycles. The molecule has 0 saturated heterocycles. The average Bonchev–Trinajstić information content (AvgIpc) is 2.67. The smallest absolute Gasteiger partial charge is 0.417 e. The molecule has 10 heteroatoms. The molecule has 0 aliphatic rings. The Morgan fingerprint density at radius 1 is 1.10 bits per heavy atom. The van der Waals surface area contributed by atoms with E-state index in [-0.39, 0.29) is 11.3 Å². The Kier molecular flexibility index (Phi) is 7.22. The van der Waals surface area contributed by atoms with Gasteiger partial charge in [0.15, 0.2) is 6.61 Å². The SMILES string of the molecule is CN(CC(=O)Nc1ccc(Cl)c(C(F)(F)F)c1)C(=O)COC(=O)c1ccccc1. The van der Waals surface area contributed by atoms with Crippen LogP contribution >= 0.6 is 11.6 Å². The highest BCUT2D eigenvalue weighted by atomic mass is 35.5. The number of alkyl halides is 3. The molecule has 0 atom stereocenters. The molecule has 2 rings (SSSR count). The quantitative estimate of drug-likeness (QED) is 0.713. The predicted octanol–water partition coefficient (Wildman–Crippen LogP) is 3.61. The fourth-order valence-electron chi connectivity index (χ4n) is 2.22. The lowest BCUT2D eigenvalue weighted by molar-refractivity contribution is -0.137. The Bertz CT molecular complexity index is 904. The van der Waals surface area contributed by atoms with Crippen molar-refractivity contribution in [3.8, 4) is 0 Å². The van der Waals surface area contributed by atoms with E-state index in [1.54, 1.807) is 18.2 Å². The van der Waals surface area contributed by atoms with Crippen molar-refractivity contribution in [2.45, 2.75) is 6.18 Å². The van der Waals surface area contributed by atoms with E-state index < -0.39 is 47.7 Å². The van der Waals surface area contributed by atoms with Crippen LogP contribution in [0.15, 0.2) is 48.5 Å². The minimum Gasteiger partial charge on any atom is -0.452 e. The summed E-state index contributed by atoms with van der Waals surface area (Å²) < 4.78 is 43.5. The number of ether oxygens (including phenoxy) is 1. The van der Waals surface area contributed by atoms with Gasteiger partial charge >= 0.3 is 12.1 Å². The number of nitrogens with one attached hydrogen (secondary N) is 1. The number of amides is 2. The third-order valence-electron chi connectivity index (χ3n) is 3.70. The molecule has 0 bridgehead atoms. The van der Waals surface area contributed by atoms with Gasteiger partial charge in [-0.1, -0.05) is 29.8 Å². The number of halogens is 4. The summed E-state index contributed by atoms with van der Waals surface area (Å²) in [5, 5.41) is 1.76. The largest absolute Gasteiger partial charge is 0.452 e. The Labute approximate surface area is 169 Å². The lowest BCUT2D eigenvalue weighted by Gasteiger charge is -2.17. The van der Waals surface area contributed by atoms with Gasteiger partial charge in [0.05, 0.1) is 22.7 Å². The fraction of sp³-hybridized carbons (Fsp3) is 0.211. The summed E-state index contributed by atoms with van der Waals surface area (Å²) in [5.74, 6) is -2.08. The van der Waals surface area contributed by atoms with E-state index in [2.05, 4.69) is 5.32 Å². The number of benzene rings is 2. The summed E-state index contributed by atoms with van der Waals surface area (Å²) in [7, 11) is 1.29. The highest BCUT2D eigenvalue weighted by Gasteiger charge is 2.33. The molecule has 0 spiro atoms. The van der Waals surface area contributed by atoms with Crippen LogP contribution in [-0.2, 0) is 20.5 Å². The van der Waals surface area contributed by atoms with E-state index in [1.165, 1.54) is 25.2 Å². The van der Waals surface area contributed by atoms with Gasteiger partial charge in [-0.3, -0.25) is 9.59 Å². The lowest BCUT2D eigenvalue weighted by Crippen LogP contribution is -2.37. The van der Waals surface area contributed by atoms with E-state index in [4.69, 9.17) is 16.3 Å². The standard InChI is InChI=1S/C19H16ClF3N2O4/c1-25(17(27)11-29-18(28)12-5-3-2-4-6-12)10-16(26)24-13-7-8-15(20)14(9-13)19(21,22)23/h2-9H,10-11H2,1H3,(H,24,26). The second-order valence-corrected chi connectivity index (χ2v) is 6.34. The van der Waals surface area contributed by atoms with Gasteiger partial charge in [-0.05, 0) is 30.3 Å². The summed E-state index contributed by atoms with van der Waals surface area (Å²) in [6.07, 6.45) is -4.67. The summed E-state index contributed by atoms with van der Waals surface area (Å²) in [4.78, 5) is 36.8. The van der Waals surface area contributed by atoms with Crippen LogP contribution in [-0.4, -0.2) is 42.9 Å². The van der Waals surface area contributed by atoms with Gasteiger partial charge < -0.3 is 15.0 Å². The minimum absolute atomic E-state index is 0.122.